The van der Waals surface area contributed by atoms with Crippen LogP contribution in [0.25, 0.3) is 0 Å². The molecule has 0 unspecified atom stereocenters. The second-order valence-corrected chi connectivity index (χ2v) is 3.61. The quantitative estimate of drug-likeness (QED) is 0.606. The zero-order chi connectivity index (χ0) is 10.4. The fourth-order valence-corrected chi connectivity index (χ4v) is 1.49. The molecule has 2 nitrogen and oxygen atoms in total. The van der Waals surface area contributed by atoms with Crippen LogP contribution in [0.2, 0.25) is 0 Å². The summed E-state index contributed by atoms with van der Waals surface area (Å²) < 4.78 is 0. The molecule has 0 saturated carbocycles. The number of carbonyl (C=O) groups is 1. The lowest BCUT2D eigenvalue weighted by molar-refractivity contribution is 0.0958. The van der Waals surface area contributed by atoms with Gasteiger partial charge in [-0.05, 0) is 24.5 Å². The molecule has 0 spiro atoms. The van der Waals surface area contributed by atoms with Crippen molar-refractivity contribution in [2.45, 2.75) is 4.90 Å². The van der Waals surface area contributed by atoms with Crippen LogP contribution >= 0.6 is 11.8 Å². The lowest BCUT2D eigenvalue weighted by Gasteiger charge is -2.03. The van der Waals surface area contributed by atoms with Gasteiger partial charge >= 0.3 is 0 Å². The number of amides is 1. The maximum atomic E-state index is 11.5. The minimum Gasteiger partial charge on any atom is -0.349 e. The van der Waals surface area contributed by atoms with Gasteiger partial charge in [-0.1, -0.05) is 12.1 Å². The monoisotopic (exact) mass is 207 g/mol. The number of nitrogens with one attached hydrogen (secondary N) is 1. The molecule has 0 aromatic heterocycles. The zero-order valence-electron chi connectivity index (χ0n) is 8.12. The van der Waals surface area contributed by atoms with Crippen molar-refractivity contribution in [1.82, 2.24) is 5.32 Å². The van der Waals surface area contributed by atoms with E-state index < -0.39 is 0 Å². The Labute approximate surface area is 88.4 Å². The van der Waals surface area contributed by atoms with E-state index in [1.54, 1.807) is 23.9 Å². The normalized spacial score (nSPS) is 9.50. The van der Waals surface area contributed by atoms with E-state index in [9.17, 15) is 4.79 Å². The molecule has 1 N–H and O–H groups in total. The van der Waals surface area contributed by atoms with Gasteiger partial charge in [0.15, 0.2) is 0 Å². The first kappa shape index (κ1) is 10.9. The molecule has 1 amide bonds. The number of thioether (sulfide) groups is 1. The van der Waals surface area contributed by atoms with Crippen molar-refractivity contribution in [2.75, 3.05) is 12.8 Å². The second-order valence-electron chi connectivity index (χ2n) is 2.73. The summed E-state index contributed by atoms with van der Waals surface area (Å²) in [5.41, 5.74) is 0.693. The minimum atomic E-state index is -0.0548. The fraction of sp³-hybridized carbons (Fsp3) is 0.182. The smallest absolute Gasteiger partial charge is 0.251 e. The summed E-state index contributed by atoms with van der Waals surface area (Å²) in [4.78, 5) is 12.6. The van der Waals surface area contributed by atoms with Gasteiger partial charge in [0.2, 0.25) is 0 Å². The van der Waals surface area contributed by atoms with Crippen molar-refractivity contribution >= 4 is 17.7 Å². The average molecular weight is 207 g/mol. The van der Waals surface area contributed by atoms with Crippen LogP contribution in [0.1, 0.15) is 10.4 Å². The molecule has 3 heteroatoms. The van der Waals surface area contributed by atoms with Gasteiger partial charge in [-0.15, -0.1) is 18.3 Å². The topological polar surface area (TPSA) is 29.1 Å². The highest BCUT2D eigenvalue weighted by molar-refractivity contribution is 7.98. The maximum absolute atomic E-state index is 11.5. The van der Waals surface area contributed by atoms with Gasteiger partial charge in [0.25, 0.3) is 5.91 Å². The van der Waals surface area contributed by atoms with Crippen LogP contribution < -0.4 is 5.32 Å². The van der Waals surface area contributed by atoms with Crippen molar-refractivity contribution in [2.24, 2.45) is 0 Å². The first-order chi connectivity index (χ1) is 6.77. The predicted molar refractivity (Wildman–Crippen MR) is 60.8 cm³/mol. The molecule has 0 bridgehead atoms. The third-order valence-corrected chi connectivity index (χ3v) is 2.46. The van der Waals surface area contributed by atoms with Crippen LogP contribution in [-0.2, 0) is 0 Å². The Morgan fingerprint density at radius 3 is 3.07 bits per heavy atom. The first-order valence-electron chi connectivity index (χ1n) is 4.31. The third kappa shape index (κ3) is 2.92. The molecule has 74 valence electrons. The minimum absolute atomic E-state index is 0.0548. The summed E-state index contributed by atoms with van der Waals surface area (Å²) in [6.45, 7) is 4.04. The highest BCUT2D eigenvalue weighted by Gasteiger charge is 2.03. The molecule has 14 heavy (non-hydrogen) atoms. The van der Waals surface area contributed by atoms with Crippen LogP contribution in [0.4, 0.5) is 0 Å². The highest BCUT2D eigenvalue weighted by Crippen LogP contribution is 2.15. The van der Waals surface area contributed by atoms with E-state index in [0.717, 1.165) is 4.90 Å². The van der Waals surface area contributed by atoms with Crippen molar-refractivity contribution in [3.8, 4) is 0 Å². The number of rotatable bonds is 4. The van der Waals surface area contributed by atoms with Gasteiger partial charge in [-0.3, -0.25) is 4.79 Å². The van der Waals surface area contributed by atoms with Crippen molar-refractivity contribution in [3.05, 3.63) is 42.5 Å². The lowest BCUT2D eigenvalue weighted by atomic mass is 10.2. The van der Waals surface area contributed by atoms with Crippen LogP contribution in [0.15, 0.2) is 41.8 Å². The van der Waals surface area contributed by atoms with E-state index in [4.69, 9.17) is 0 Å². The van der Waals surface area contributed by atoms with E-state index in [1.807, 2.05) is 24.5 Å². The number of carbonyl (C=O) groups excluding carboxylic acids is 1. The van der Waals surface area contributed by atoms with Gasteiger partial charge in [0.1, 0.15) is 0 Å². The number of hydrogen-bond donors (Lipinski definition) is 1. The molecular weight excluding hydrogens is 194 g/mol. The summed E-state index contributed by atoms with van der Waals surface area (Å²) >= 11 is 1.62. The fourth-order valence-electron chi connectivity index (χ4n) is 1.03. The third-order valence-electron chi connectivity index (χ3n) is 1.74. The van der Waals surface area contributed by atoms with Gasteiger partial charge in [-0.25, -0.2) is 0 Å². The van der Waals surface area contributed by atoms with E-state index in [2.05, 4.69) is 11.9 Å². The van der Waals surface area contributed by atoms with Crippen molar-refractivity contribution < 1.29 is 4.79 Å². The molecule has 0 radical (unpaired) electrons. The molecule has 0 saturated heterocycles. The van der Waals surface area contributed by atoms with Gasteiger partial charge < -0.3 is 5.32 Å². The van der Waals surface area contributed by atoms with Crippen molar-refractivity contribution in [3.63, 3.8) is 0 Å². The molecule has 0 aliphatic carbocycles. The molecule has 0 fully saturated rings. The van der Waals surface area contributed by atoms with E-state index in [1.165, 1.54) is 0 Å². The average Bonchev–Trinajstić information content (AvgIpc) is 2.26. The Hall–Kier alpha value is -1.22. The van der Waals surface area contributed by atoms with E-state index in [-0.39, 0.29) is 5.91 Å². The molecule has 0 aliphatic heterocycles. The van der Waals surface area contributed by atoms with Gasteiger partial charge in [0, 0.05) is 17.0 Å². The standard InChI is InChI=1S/C11H13NOS/c1-3-7-12-11(13)9-5-4-6-10(8-9)14-2/h3-6,8H,1,7H2,2H3,(H,12,13). The molecule has 1 rings (SSSR count). The Balaban J connectivity index is 2.73. The summed E-state index contributed by atoms with van der Waals surface area (Å²) in [6, 6.07) is 7.55. The molecule has 0 atom stereocenters. The van der Waals surface area contributed by atoms with E-state index in [0.29, 0.717) is 12.1 Å². The van der Waals surface area contributed by atoms with Gasteiger partial charge in [0.05, 0.1) is 0 Å². The Bertz CT molecular complexity index is 336. The van der Waals surface area contributed by atoms with Crippen LogP contribution in [0, 0.1) is 0 Å². The van der Waals surface area contributed by atoms with E-state index >= 15 is 0 Å². The summed E-state index contributed by atoms with van der Waals surface area (Å²) in [7, 11) is 0. The summed E-state index contributed by atoms with van der Waals surface area (Å²) in [6.07, 6.45) is 3.65. The highest BCUT2D eigenvalue weighted by atomic mass is 32.2. The van der Waals surface area contributed by atoms with Crippen LogP contribution in [0.3, 0.4) is 0 Å². The first-order valence-corrected chi connectivity index (χ1v) is 5.53. The number of benzene rings is 1. The Morgan fingerprint density at radius 1 is 1.64 bits per heavy atom. The summed E-state index contributed by atoms with van der Waals surface area (Å²) in [5, 5.41) is 2.73. The molecular formula is C11H13NOS. The SMILES string of the molecule is C=CCNC(=O)c1cccc(SC)c1. The largest absolute Gasteiger partial charge is 0.349 e. The molecule has 1 aromatic carbocycles. The zero-order valence-corrected chi connectivity index (χ0v) is 8.93. The number of hydrogen-bond acceptors (Lipinski definition) is 2. The van der Waals surface area contributed by atoms with Gasteiger partial charge in [-0.2, -0.15) is 0 Å². The second kappa shape index (κ2) is 5.50. The van der Waals surface area contributed by atoms with Crippen LogP contribution in [0.5, 0.6) is 0 Å². The lowest BCUT2D eigenvalue weighted by Crippen LogP contribution is -2.23. The molecule has 0 heterocycles. The molecule has 0 aliphatic rings. The summed E-state index contributed by atoms with van der Waals surface area (Å²) in [5.74, 6) is -0.0548. The van der Waals surface area contributed by atoms with Crippen LogP contribution in [-0.4, -0.2) is 18.7 Å². The predicted octanol–water partition coefficient (Wildman–Crippen LogP) is 2.32. The molecule has 1 aromatic rings. The maximum Gasteiger partial charge on any atom is 0.251 e. The van der Waals surface area contributed by atoms with Crippen molar-refractivity contribution in [1.29, 1.82) is 0 Å². The Morgan fingerprint density at radius 2 is 2.43 bits per heavy atom. The Kier molecular flexibility index (Phi) is 4.26.